The van der Waals surface area contributed by atoms with Crippen LogP contribution in [-0.4, -0.2) is 32.4 Å². The van der Waals surface area contributed by atoms with Crippen LogP contribution in [0, 0.1) is 3.57 Å². The molecule has 17 heavy (non-hydrogen) atoms. The molecule has 0 aromatic heterocycles. The molecule has 3 nitrogen and oxygen atoms in total. The van der Waals surface area contributed by atoms with Crippen molar-refractivity contribution in [3.63, 3.8) is 0 Å². The fourth-order valence-electron chi connectivity index (χ4n) is 1.84. The lowest BCUT2D eigenvalue weighted by Gasteiger charge is -2.11. The van der Waals surface area contributed by atoms with Crippen molar-refractivity contribution >= 4 is 22.6 Å². The molecular formula is C13H18INO2. The first-order valence-electron chi connectivity index (χ1n) is 6.05. The molecule has 1 saturated heterocycles. The Morgan fingerprint density at radius 1 is 1.35 bits per heavy atom. The van der Waals surface area contributed by atoms with Crippen LogP contribution in [0.1, 0.15) is 12.8 Å². The van der Waals surface area contributed by atoms with Gasteiger partial charge in [0.05, 0.1) is 6.10 Å². The SMILES string of the molecule is Ic1ccc(OCCNC[C@@H]2CCCO2)cc1. The zero-order valence-corrected chi connectivity index (χ0v) is 12.0. The van der Waals surface area contributed by atoms with Crippen molar-refractivity contribution in [3.05, 3.63) is 27.8 Å². The first kappa shape index (κ1) is 13.1. The molecule has 1 aromatic rings. The van der Waals surface area contributed by atoms with Crippen LogP contribution in [0.3, 0.4) is 0 Å². The number of hydrogen-bond acceptors (Lipinski definition) is 3. The number of nitrogens with one attached hydrogen (secondary N) is 1. The van der Waals surface area contributed by atoms with Crippen molar-refractivity contribution in [3.8, 4) is 5.75 Å². The highest BCUT2D eigenvalue weighted by atomic mass is 127. The van der Waals surface area contributed by atoms with Crippen LogP contribution in [0.4, 0.5) is 0 Å². The number of ether oxygens (including phenoxy) is 2. The van der Waals surface area contributed by atoms with Gasteiger partial charge in [0.2, 0.25) is 0 Å². The molecule has 4 heteroatoms. The Balaban J connectivity index is 1.55. The predicted molar refractivity (Wildman–Crippen MR) is 76.5 cm³/mol. The number of benzene rings is 1. The molecule has 0 bridgehead atoms. The Labute approximate surface area is 116 Å². The van der Waals surface area contributed by atoms with Crippen LogP contribution < -0.4 is 10.1 Å². The van der Waals surface area contributed by atoms with Gasteiger partial charge in [-0.05, 0) is 59.7 Å². The summed E-state index contributed by atoms with van der Waals surface area (Å²) in [6.45, 7) is 3.43. The number of hydrogen-bond donors (Lipinski definition) is 1. The third kappa shape index (κ3) is 4.81. The standard InChI is InChI=1S/C13H18INO2/c14-11-3-5-12(6-4-11)17-9-7-15-10-13-2-1-8-16-13/h3-6,13,15H,1-2,7-10H2/t13-/m0/s1. The summed E-state index contributed by atoms with van der Waals surface area (Å²) in [7, 11) is 0. The van der Waals surface area contributed by atoms with Crippen LogP contribution in [-0.2, 0) is 4.74 Å². The predicted octanol–water partition coefficient (Wildman–Crippen LogP) is 2.44. The summed E-state index contributed by atoms with van der Waals surface area (Å²) in [5.41, 5.74) is 0. The van der Waals surface area contributed by atoms with E-state index in [0.717, 1.165) is 25.4 Å². The average Bonchev–Trinajstić information content (AvgIpc) is 2.84. The summed E-state index contributed by atoms with van der Waals surface area (Å²) < 4.78 is 12.4. The molecule has 0 aliphatic carbocycles. The molecule has 1 aliphatic heterocycles. The first-order chi connectivity index (χ1) is 8.34. The van der Waals surface area contributed by atoms with Crippen LogP contribution in [0.2, 0.25) is 0 Å². The van der Waals surface area contributed by atoms with E-state index in [4.69, 9.17) is 9.47 Å². The van der Waals surface area contributed by atoms with Crippen molar-refractivity contribution in [2.75, 3.05) is 26.3 Å². The lowest BCUT2D eigenvalue weighted by molar-refractivity contribution is 0.109. The quantitative estimate of drug-likeness (QED) is 0.633. The third-order valence-corrected chi connectivity index (χ3v) is 3.48. The van der Waals surface area contributed by atoms with Gasteiger partial charge < -0.3 is 14.8 Å². The van der Waals surface area contributed by atoms with Crippen LogP contribution in [0.15, 0.2) is 24.3 Å². The monoisotopic (exact) mass is 347 g/mol. The van der Waals surface area contributed by atoms with E-state index in [-0.39, 0.29) is 0 Å². The average molecular weight is 347 g/mol. The van der Waals surface area contributed by atoms with E-state index in [9.17, 15) is 0 Å². The zero-order valence-electron chi connectivity index (χ0n) is 9.82. The summed E-state index contributed by atoms with van der Waals surface area (Å²) in [5.74, 6) is 0.935. The number of rotatable bonds is 6. The third-order valence-electron chi connectivity index (χ3n) is 2.76. The lowest BCUT2D eigenvalue weighted by atomic mass is 10.2. The van der Waals surface area contributed by atoms with Crippen molar-refractivity contribution in [2.24, 2.45) is 0 Å². The van der Waals surface area contributed by atoms with E-state index in [2.05, 4.69) is 40.0 Å². The van der Waals surface area contributed by atoms with Gasteiger partial charge in [0.15, 0.2) is 0 Å². The van der Waals surface area contributed by atoms with Crippen molar-refractivity contribution in [2.45, 2.75) is 18.9 Å². The van der Waals surface area contributed by atoms with E-state index in [0.29, 0.717) is 12.7 Å². The highest BCUT2D eigenvalue weighted by molar-refractivity contribution is 14.1. The van der Waals surface area contributed by atoms with E-state index < -0.39 is 0 Å². The molecule has 1 atom stereocenters. The molecule has 2 rings (SSSR count). The summed E-state index contributed by atoms with van der Waals surface area (Å²) in [6.07, 6.45) is 2.80. The van der Waals surface area contributed by atoms with E-state index in [1.165, 1.54) is 16.4 Å². The molecule has 0 radical (unpaired) electrons. The topological polar surface area (TPSA) is 30.5 Å². The van der Waals surface area contributed by atoms with Crippen molar-refractivity contribution < 1.29 is 9.47 Å². The van der Waals surface area contributed by atoms with Crippen LogP contribution >= 0.6 is 22.6 Å². The fraction of sp³-hybridized carbons (Fsp3) is 0.538. The van der Waals surface area contributed by atoms with Gasteiger partial charge >= 0.3 is 0 Å². The molecular weight excluding hydrogens is 329 g/mol. The minimum Gasteiger partial charge on any atom is -0.492 e. The molecule has 1 fully saturated rings. The summed E-state index contributed by atoms with van der Waals surface area (Å²) in [6, 6.07) is 8.11. The second-order valence-electron chi connectivity index (χ2n) is 4.14. The van der Waals surface area contributed by atoms with Gasteiger partial charge in [0, 0.05) is 23.3 Å². The Morgan fingerprint density at radius 3 is 2.88 bits per heavy atom. The van der Waals surface area contributed by atoms with Gasteiger partial charge in [-0.25, -0.2) is 0 Å². The largest absolute Gasteiger partial charge is 0.492 e. The van der Waals surface area contributed by atoms with E-state index >= 15 is 0 Å². The highest BCUT2D eigenvalue weighted by Crippen LogP contribution is 2.13. The molecule has 1 aromatic carbocycles. The first-order valence-corrected chi connectivity index (χ1v) is 7.13. The Hall–Kier alpha value is -0.330. The van der Waals surface area contributed by atoms with Gasteiger partial charge in [0.25, 0.3) is 0 Å². The molecule has 94 valence electrons. The Kier molecular flexibility index (Phi) is 5.54. The maximum atomic E-state index is 5.62. The molecule has 0 amide bonds. The molecule has 0 saturated carbocycles. The maximum Gasteiger partial charge on any atom is 0.119 e. The normalized spacial score (nSPS) is 19.5. The van der Waals surface area contributed by atoms with E-state index in [1.54, 1.807) is 0 Å². The van der Waals surface area contributed by atoms with Gasteiger partial charge in [-0.3, -0.25) is 0 Å². The Bertz CT molecular complexity index is 323. The minimum absolute atomic E-state index is 0.410. The fourth-order valence-corrected chi connectivity index (χ4v) is 2.20. The zero-order chi connectivity index (χ0) is 11.9. The van der Waals surface area contributed by atoms with Gasteiger partial charge in [-0.1, -0.05) is 0 Å². The van der Waals surface area contributed by atoms with Gasteiger partial charge in [-0.15, -0.1) is 0 Å². The van der Waals surface area contributed by atoms with Gasteiger partial charge in [0.1, 0.15) is 12.4 Å². The highest BCUT2D eigenvalue weighted by Gasteiger charge is 2.14. The molecule has 1 aliphatic rings. The second kappa shape index (κ2) is 7.18. The van der Waals surface area contributed by atoms with Crippen LogP contribution in [0.25, 0.3) is 0 Å². The van der Waals surface area contributed by atoms with Crippen molar-refractivity contribution in [1.29, 1.82) is 0 Å². The lowest BCUT2D eigenvalue weighted by Crippen LogP contribution is -2.29. The molecule has 0 spiro atoms. The molecule has 1 heterocycles. The Morgan fingerprint density at radius 2 is 2.18 bits per heavy atom. The smallest absolute Gasteiger partial charge is 0.119 e. The van der Waals surface area contributed by atoms with Crippen LogP contribution in [0.5, 0.6) is 5.75 Å². The number of halogens is 1. The van der Waals surface area contributed by atoms with Crippen molar-refractivity contribution in [1.82, 2.24) is 5.32 Å². The van der Waals surface area contributed by atoms with Gasteiger partial charge in [-0.2, -0.15) is 0 Å². The summed E-state index contributed by atoms with van der Waals surface area (Å²) in [5, 5.41) is 3.36. The second-order valence-corrected chi connectivity index (χ2v) is 5.39. The minimum atomic E-state index is 0.410. The summed E-state index contributed by atoms with van der Waals surface area (Å²) >= 11 is 2.29. The maximum absolute atomic E-state index is 5.62. The molecule has 1 N–H and O–H groups in total. The summed E-state index contributed by atoms with van der Waals surface area (Å²) in [4.78, 5) is 0. The molecule has 0 unspecified atom stereocenters. The van der Waals surface area contributed by atoms with E-state index in [1.807, 2.05) is 12.1 Å².